The average molecular weight is 354 g/mol. The zero-order chi connectivity index (χ0) is 17.7. The zero-order valence-corrected chi connectivity index (χ0v) is 14.3. The van der Waals surface area contributed by atoms with Gasteiger partial charge >= 0.3 is 0 Å². The van der Waals surface area contributed by atoms with E-state index in [2.05, 4.69) is 0 Å². The maximum absolute atomic E-state index is 12.9. The van der Waals surface area contributed by atoms with E-state index in [1.165, 1.54) is 0 Å². The molecule has 4 aliphatic rings. The van der Waals surface area contributed by atoms with Crippen LogP contribution in [0.1, 0.15) is 32.1 Å². The van der Waals surface area contributed by atoms with Gasteiger partial charge in [-0.25, -0.2) is 0 Å². The monoisotopic (exact) mass is 354 g/mol. The number of rotatable bonds is 12. The largest absolute Gasteiger partial charge is 0.373 e. The fourth-order valence-corrected chi connectivity index (χ4v) is 4.49. The first-order chi connectivity index (χ1) is 11.9. The summed E-state index contributed by atoms with van der Waals surface area (Å²) in [4.78, 5) is 24.9. The molecule has 0 spiro atoms. The lowest BCUT2D eigenvalue weighted by Gasteiger charge is -2.48. The predicted octanol–water partition coefficient (Wildman–Crippen LogP) is -0.524. The summed E-state index contributed by atoms with van der Waals surface area (Å²) in [6.07, 6.45) is 2.32. The number of epoxide rings is 4. The van der Waals surface area contributed by atoms with Crippen LogP contribution < -0.4 is 11.5 Å². The van der Waals surface area contributed by atoms with E-state index in [1.54, 1.807) is 0 Å². The number of ether oxygens (including phenoxy) is 4. The molecule has 8 nitrogen and oxygen atoms in total. The smallest absolute Gasteiger partial charge is 0.224 e. The molecule has 0 aliphatic carbocycles. The van der Waals surface area contributed by atoms with Crippen molar-refractivity contribution < 1.29 is 28.5 Å². The Morgan fingerprint density at radius 2 is 1.12 bits per heavy atom. The molecule has 8 heteroatoms. The van der Waals surface area contributed by atoms with Gasteiger partial charge in [0, 0.05) is 6.42 Å². The molecule has 0 saturated carbocycles. The second-order valence-corrected chi connectivity index (χ2v) is 8.01. The van der Waals surface area contributed by atoms with Gasteiger partial charge in [0.15, 0.2) is 0 Å². The highest BCUT2D eigenvalue weighted by Gasteiger charge is 2.62. The summed E-state index contributed by atoms with van der Waals surface area (Å²) >= 11 is 0. The Bertz CT molecular complexity index is 523. The fraction of sp³-hybridized carbons (Fsp3) is 0.882. The van der Waals surface area contributed by atoms with Crippen LogP contribution in [0.5, 0.6) is 0 Å². The predicted molar refractivity (Wildman–Crippen MR) is 85.3 cm³/mol. The van der Waals surface area contributed by atoms with Gasteiger partial charge in [-0.15, -0.1) is 0 Å². The Morgan fingerprint density at radius 3 is 1.40 bits per heavy atom. The van der Waals surface area contributed by atoms with E-state index < -0.39 is 22.6 Å². The van der Waals surface area contributed by atoms with E-state index in [0.29, 0.717) is 52.1 Å². The van der Waals surface area contributed by atoms with Crippen molar-refractivity contribution in [3.05, 3.63) is 0 Å². The average Bonchev–Trinajstić information content (AvgIpc) is 3.35. The summed E-state index contributed by atoms with van der Waals surface area (Å²) in [7, 11) is 0. The van der Waals surface area contributed by atoms with Crippen molar-refractivity contribution in [3.63, 3.8) is 0 Å². The molecule has 0 bridgehead atoms. The van der Waals surface area contributed by atoms with Gasteiger partial charge < -0.3 is 30.4 Å². The van der Waals surface area contributed by atoms with Crippen molar-refractivity contribution >= 4 is 11.8 Å². The number of primary amides is 2. The minimum Gasteiger partial charge on any atom is -0.373 e. The third-order valence-corrected chi connectivity index (χ3v) is 6.00. The lowest BCUT2D eigenvalue weighted by molar-refractivity contribution is -0.145. The van der Waals surface area contributed by atoms with Gasteiger partial charge in [0.05, 0.1) is 56.3 Å². The van der Waals surface area contributed by atoms with Crippen LogP contribution in [-0.4, -0.2) is 62.7 Å². The van der Waals surface area contributed by atoms with Crippen molar-refractivity contribution in [1.82, 2.24) is 0 Å². The van der Waals surface area contributed by atoms with Crippen molar-refractivity contribution in [2.24, 2.45) is 22.3 Å². The van der Waals surface area contributed by atoms with Gasteiger partial charge in [-0.05, 0) is 31.1 Å². The first-order valence-electron chi connectivity index (χ1n) is 8.97. The van der Waals surface area contributed by atoms with Gasteiger partial charge in [-0.1, -0.05) is 0 Å². The molecular formula is C17H26N2O6. The molecule has 2 amide bonds. The Balaban J connectivity index is 1.73. The molecular weight excluding hydrogens is 328 g/mol. The first-order valence-corrected chi connectivity index (χ1v) is 8.97. The summed E-state index contributed by atoms with van der Waals surface area (Å²) in [6.45, 7) is 2.52. The third-order valence-electron chi connectivity index (χ3n) is 6.00. The Morgan fingerprint density at radius 1 is 0.760 bits per heavy atom. The highest BCUT2D eigenvalue weighted by atomic mass is 16.6. The summed E-state index contributed by atoms with van der Waals surface area (Å²) in [5.74, 6) is -0.832. The molecule has 140 valence electrons. The van der Waals surface area contributed by atoms with Crippen LogP contribution in [0.3, 0.4) is 0 Å². The van der Waals surface area contributed by atoms with Gasteiger partial charge in [-0.2, -0.15) is 0 Å². The number of amides is 2. The van der Waals surface area contributed by atoms with Crippen LogP contribution in [0, 0.1) is 10.8 Å². The second-order valence-electron chi connectivity index (χ2n) is 8.01. The highest BCUT2D eigenvalue weighted by Crippen LogP contribution is 2.58. The maximum atomic E-state index is 12.9. The second kappa shape index (κ2) is 6.19. The molecule has 4 heterocycles. The quantitative estimate of drug-likeness (QED) is 0.452. The standard InChI is InChI=1S/C17H26N2O6/c18-14(20)5-16(1-10-6-22-10,2-11-7-23-11)17(15(19)21,3-12-8-24-12)4-13-9-25-13/h10-13H,1-9H2,(H2,18,20)(H2,19,21). The molecule has 4 atom stereocenters. The summed E-state index contributed by atoms with van der Waals surface area (Å²) in [5.41, 5.74) is 10.0. The van der Waals surface area contributed by atoms with Crippen molar-refractivity contribution in [1.29, 1.82) is 0 Å². The molecule has 0 aromatic heterocycles. The van der Waals surface area contributed by atoms with Gasteiger partial charge in [-0.3, -0.25) is 9.59 Å². The number of nitrogens with two attached hydrogens (primary N) is 2. The molecule has 25 heavy (non-hydrogen) atoms. The molecule has 4 N–H and O–H groups in total. The Hall–Kier alpha value is -1.22. The van der Waals surface area contributed by atoms with E-state index in [0.717, 1.165) is 0 Å². The van der Waals surface area contributed by atoms with Crippen molar-refractivity contribution in [3.8, 4) is 0 Å². The SMILES string of the molecule is NC(=O)CC(CC1CO1)(CC1CO1)C(CC1CO1)(CC1CO1)C(N)=O. The van der Waals surface area contributed by atoms with E-state index in [9.17, 15) is 9.59 Å². The number of hydrogen-bond acceptors (Lipinski definition) is 6. The lowest BCUT2D eigenvalue weighted by atomic mass is 9.53. The third kappa shape index (κ3) is 3.81. The van der Waals surface area contributed by atoms with Crippen molar-refractivity contribution in [2.75, 3.05) is 26.4 Å². The highest BCUT2D eigenvalue weighted by molar-refractivity contribution is 5.84. The minimum absolute atomic E-state index is 0.00116. The lowest BCUT2D eigenvalue weighted by Crippen LogP contribution is -2.55. The van der Waals surface area contributed by atoms with Crippen LogP contribution in [-0.2, 0) is 28.5 Å². The number of hydrogen-bond donors (Lipinski definition) is 2. The molecule has 0 aromatic rings. The Labute approximate surface area is 146 Å². The summed E-state index contributed by atoms with van der Waals surface area (Å²) in [5, 5.41) is 0. The first kappa shape index (κ1) is 17.2. The van der Waals surface area contributed by atoms with Crippen LogP contribution in [0.25, 0.3) is 0 Å². The molecule has 4 unspecified atom stereocenters. The summed E-state index contributed by atoms with van der Waals surface area (Å²) in [6, 6.07) is 0. The van der Waals surface area contributed by atoms with Crippen LogP contribution in [0.4, 0.5) is 0 Å². The van der Waals surface area contributed by atoms with Gasteiger partial charge in [0.1, 0.15) is 0 Å². The van der Waals surface area contributed by atoms with Gasteiger partial charge in [0.25, 0.3) is 0 Å². The van der Waals surface area contributed by atoms with E-state index in [4.69, 9.17) is 30.4 Å². The van der Waals surface area contributed by atoms with E-state index in [-0.39, 0.29) is 30.8 Å². The van der Waals surface area contributed by atoms with E-state index >= 15 is 0 Å². The number of carbonyl (C=O) groups excluding carboxylic acids is 2. The van der Waals surface area contributed by atoms with Crippen LogP contribution in [0.2, 0.25) is 0 Å². The van der Waals surface area contributed by atoms with Crippen molar-refractivity contribution in [2.45, 2.75) is 56.5 Å². The maximum Gasteiger partial charge on any atom is 0.224 e. The molecule has 4 aliphatic heterocycles. The number of carbonyl (C=O) groups is 2. The normalized spacial score (nSPS) is 36.8. The zero-order valence-electron chi connectivity index (χ0n) is 14.3. The molecule has 0 radical (unpaired) electrons. The Kier molecular flexibility index (Phi) is 4.26. The fourth-order valence-electron chi connectivity index (χ4n) is 4.49. The molecule has 4 rings (SSSR count). The van der Waals surface area contributed by atoms with Crippen LogP contribution in [0.15, 0.2) is 0 Å². The van der Waals surface area contributed by atoms with Gasteiger partial charge in [0.2, 0.25) is 11.8 Å². The minimum atomic E-state index is -0.914. The topological polar surface area (TPSA) is 136 Å². The molecule has 4 saturated heterocycles. The molecule has 0 aromatic carbocycles. The van der Waals surface area contributed by atoms with Crippen LogP contribution >= 0.6 is 0 Å². The van der Waals surface area contributed by atoms with E-state index in [1.807, 2.05) is 0 Å². The molecule has 4 fully saturated rings. The summed E-state index contributed by atoms with van der Waals surface area (Å²) < 4.78 is 21.8.